The molecule has 0 aromatic carbocycles. The summed E-state index contributed by atoms with van der Waals surface area (Å²) >= 11 is 0. The van der Waals surface area contributed by atoms with Crippen molar-refractivity contribution in [2.24, 2.45) is 0 Å². The van der Waals surface area contributed by atoms with Crippen LogP contribution in [0.5, 0.6) is 0 Å². The lowest BCUT2D eigenvalue weighted by molar-refractivity contribution is -0.302. The van der Waals surface area contributed by atoms with Crippen LogP contribution in [0.1, 0.15) is 187 Å². The monoisotopic (exact) mass is 1030 g/mol. The molecule has 1 heterocycles. The van der Waals surface area contributed by atoms with Crippen molar-refractivity contribution in [1.29, 1.82) is 0 Å². The van der Waals surface area contributed by atoms with Crippen molar-refractivity contribution in [3.8, 4) is 0 Å². The van der Waals surface area contributed by atoms with E-state index in [0.717, 1.165) is 116 Å². The number of allylic oxidation sites excluding steroid dienone is 25. The summed E-state index contributed by atoms with van der Waals surface area (Å²) < 4.78 is 11.2. The lowest BCUT2D eigenvalue weighted by Crippen LogP contribution is -2.60. The molecule has 1 rings (SSSR count). The van der Waals surface area contributed by atoms with Crippen LogP contribution >= 0.6 is 0 Å². The summed E-state index contributed by atoms with van der Waals surface area (Å²) in [5, 5.41) is 54.4. The number of nitrogens with one attached hydrogen (secondary N) is 1. The number of carbonyl (C=O) groups is 1. The summed E-state index contributed by atoms with van der Waals surface area (Å²) in [6.45, 7) is 3.59. The maximum absolute atomic E-state index is 13.0. The Balaban J connectivity index is 2.28. The molecule has 0 aromatic heterocycles. The summed E-state index contributed by atoms with van der Waals surface area (Å²) in [5.41, 5.74) is 0. The molecule has 6 N–H and O–H groups in total. The fraction of sp³-hybridized carbons (Fsp3) is 0.585. The van der Waals surface area contributed by atoms with E-state index >= 15 is 0 Å². The van der Waals surface area contributed by atoms with E-state index in [1.807, 2.05) is 6.08 Å². The molecule has 1 aliphatic heterocycles. The van der Waals surface area contributed by atoms with Crippen LogP contribution in [0.2, 0.25) is 0 Å². The smallest absolute Gasteiger partial charge is 0.220 e. The quantitative estimate of drug-likeness (QED) is 0.0261. The Hall–Kier alpha value is -4.19. The predicted octanol–water partition coefficient (Wildman–Crippen LogP) is 14.5. The van der Waals surface area contributed by atoms with E-state index in [1.54, 1.807) is 6.08 Å². The third-order valence-electron chi connectivity index (χ3n) is 12.3. The Morgan fingerprint density at radius 3 is 1.30 bits per heavy atom. The van der Waals surface area contributed by atoms with Crippen LogP contribution in [0.25, 0.3) is 0 Å². The van der Waals surface area contributed by atoms with Crippen molar-refractivity contribution in [2.45, 2.75) is 230 Å². The minimum atomic E-state index is -1.59. The number of carbonyl (C=O) groups excluding carboxylic acids is 1. The van der Waals surface area contributed by atoms with Gasteiger partial charge in [-0.15, -0.1) is 0 Å². The minimum Gasteiger partial charge on any atom is -0.394 e. The van der Waals surface area contributed by atoms with Crippen molar-refractivity contribution in [1.82, 2.24) is 5.32 Å². The lowest BCUT2D eigenvalue weighted by Gasteiger charge is -2.40. The average Bonchev–Trinajstić information content (AvgIpc) is 3.40. The van der Waals surface area contributed by atoms with Gasteiger partial charge in [0.1, 0.15) is 24.4 Å². The van der Waals surface area contributed by atoms with Crippen LogP contribution in [0.4, 0.5) is 0 Å². The lowest BCUT2D eigenvalue weighted by atomic mass is 9.99. The molecule has 1 aliphatic rings. The fourth-order valence-electron chi connectivity index (χ4n) is 7.80. The Labute approximate surface area is 450 Å². The first-order chi connectivity index (χ1) is 36.3. The van der Waals surface area contributed by atoms with Crippen molar-refractivity contribution >= 4 is 5.91 Å². The highest BCUT2D eigenvalue weighted by atomic mass is 16.7. The molecular formula is C65H103NO8. The molecule has 0 saturated carbocycles. The SMILES string of the molecule is CC/C=C\C/C=C\C/C=C\C/C=C\C/C=C\C/C=C\C/C=C\C/C=C\C/C=C\C/C=C\CCCCCCC(=O)NC(COC1OC(CO)C(O)C(O)C1O)C(O)/C=C/CC/C=C/CC/C=C/CCCCCCCC. The summed E-state index contributed by atoms with van der Waals surface area (Å²) in [4.78, 5) is 13.0. The van der Waals surface area contributed by atoms with E-state index in [9.17, 15) is 30.3 Å². The molecule has 7 atom stereocenters. The zero-order valence-electron chi connectivity index (χ0n) is 46.0. The number of hydrogen-bond acceptors (Lipinski definition) is 8. The second-order valence-corrected chi connectivity index (χ2v) is 19.0. The fourth-order valence-corrected chi connectivity index (χ4v) is 7.80. The van der Waals surface area contributed by atoms with E-state index < -0.39 is 49.5 Å². The zero-order valence-corrected chi connectivity index (χ0v) is 46.0. The highest BCUT2D eigenvalue weighted by molar-refractivity contribution is 5.76. The molecule has 416 valence electrons. The molecule has 1 saturated heterocycles. The number of hydrogen-bond donors (Lipinski definition) is 6. The molecular weight excluding hydrogens is 923 g/mol. The molecule has 1 fully saturated rings. The van der Waals surface area contributed by atoms with Gasteiger partial charge in [0.2, 0.25) is 5.91 Å². The van der Waals surface area contributed by atoms with Gasteiger partial charge in [-0.3, -0.25) is 4.79 Å². The van der Waals surface area contributed by atoms with E-state index in [-0.39, 0.29) is 12.5 Å². The molecule has 1 amide bonds. The first kappa shape index (κ1) is 67.8. The molecule has 0 bridgehead atoms. The summed E-state index contributed by atoms with van der Waals surface area (Å²) in [5.74, 6) is -0.223. The Morgan fingerprint density at radius 1 is 0.473 bits per heavy atom. The van der Waals surface area contributed by atoms with Crippen LogP contribution in [-0.4, -0.2) is 87.5 Å². The first-order valence-corrected chi connectivity index (χ1v) is 28.7. The van der Waals surface area contributed by atoms with Crippen LogP contribution in [0.3, 0.4) is 0 Å². The van der Waals surface area contributed by atoms with Gasteiger partial charge in [0, 0.05) is 6.42 Å². The van der Waals surface area contributed by atoms with Crippen LogP contribution in [0.15, 0.2) is 158 Å². The second-order valence-electron chi connectivity index (χ2n) is 19.0. The topological polar surface area (TPSA) is 149 Å². The van der Waals surface area contributed by atoms with Crippen molar-refractivity contribution < 1.29 is 39.8 Å². The second kappa shape index (κ2) is 52.3. The molecule has 9 nitrogen and oxygen atoms in total. The van der Waals surface area contributed by atoms with Gasteiger partial charge in [-0.1, -0.05) is 217 Å². The van der Waals surface area contributed by atoms with E-state index in [1.165, 1.54) is 38.5 Å². The Bertz CT molecular complexity index is 1710. The van der Waals surface area contributed by atoms with Gasteiger partial charge in [0.25, 0.3) is 0 Å². The number of ether oxygens (including phenoxy) is 2. The van der Waals surface area contributed by atoms with Crippen LogP contribution in [-0.2, 0) is 14.3 Å². The molecule has 0 spiro atoms. The van der Waals surface area contributed by atoms with Gasteiger partial charge in [-0.05, 0) is 122 Å². The number of aliphatic hydroxyl groups excluding tert-OH is 5. The first-order valence-electron chi connectivity index (χ1n) is 28.7. The van der Waals surface area contributed by atoms with E-state index in [2.05, 4.69) is 165 Å². The number of aliphatic hydroxyl groups is 5. The molecule has 0 aliphatic carbocycles. The van der Waals surface area contributed by atoms with Crippen molar-refractivity contribution in [2.75, 3.05) is 13.2 Å². The Morgan fingerprint density at radius 2 is 0.851 bits per heavy atom. The number of unbranched alkanes of at least 4 members (excludes halogenated alkanes) is 12. The summed E-state index contributed by atoms with van der Waals surface area (Å²) in [6, 6.07) is -0.854. The standard InChI is InChI=1S/C65H103NO8/c1-3-5-7-9-11-13-15-17-19-21-22-23-24-25-26-27-28-29-30-31-32-33-34-35-36-37-38-39-41-43-45-47-49-51-53-55-61(69)66-58(57-73-65-64(72)63(71)62(70)60(56-67)74-65)59(68)54-52-50-48-46-44-42-40-20-18-16-14-12-10-8-6-4-2/h5,7,11,13,17-20,22-23,25-26,28-29,31-32,34-35,37-38,41,43-44,46,52,54,58-60,62-65,67-68,70-72H,3-4,6,8-10,12,14-16,21,24,27,30,33,36,39-40,42,45,47-51,53,55-57H2,1-2H3,(H,66,69)/b7-5-,13-11-,19-17-,20-18+,23-22-,26-25-,29-28-,32-31-,35-34-,38-37-,43-41-,46-44+,54-52+. The molecule has 9 heteroatoms. The van der Waals surface area contributed by atoms with Crippen LogP contribution < -0.4 is 5.32 Å². The summed E-state index contributed by atoms with van der Waals surface area (Å²) in [7, 11) is 0. The molecule has 7 unspecified atom stereocenters. The van der Waals surface area contributed by atoms with Gasteiger partial charge in [0.05, 0.1) is 25.4 Å². The predicted molar refractivity (Wildman–Crippen MR) is 312 cm³/mol. The van der Waals surface area contributed by atoms with Gasteiger partial charge < -0.3 is 40.3 Å². The summed E-state index contributed by atoms with van der Waals surface area (Å²) in [6.07, 6.45) is 75.9. The molecule has 0 aromatic rings. The van der Waals surface area contributed by atoms with E-state index in [4.69, 9.17) is 9.47 Å². The largest absolute Gasteiger partial charge is 0.394 e. The van der Waals surface area contributed by atoms with Crippen LogP contribution in [0, 0.1) is 0 Å². The highest BCUT2D eigenvalue weighted by Gasteiger charge is 2.44. The Kier molecular flexibility index (Phi) is 47.9. The van der Waals surface area contributed by atoms with Gasteiger partial charge >= 0.3 is 0 Å². The number of amides is 1. The normalized spacial score (nSPS) is 20.2. The maximum Gasteiger partial charge on any atom is 0.220 e. The van der Waals surface area contributed by atoms with Gasteiger partial charge in [-0.25, -0.2) is 0 Å². The van der Waals surface area contributed by atoms with Gasteiger partial charge in [0.15, 0.2) is 6.29 Å². The van der Waals surface area contributed by atoms with Gasteiger partial charge in [-0.2, -0.15) is 0 Å². The third-order valence-corrected chi connectivity index (χ3v) is 12.3. The third kappa shape index (κ3) is 41.1. The highest BCUT2D eigenvalue weighted by Crippen LogP contribution is 2.22. The van der Waals surface area contributed by atoms with Crippen molar-refractivity contribution in [3.63, 3.8) is 0 Å². The molecule has 74 heavy (non-hydrogen) atoms. The molecule has 0 radical (unpaired) electrons. The van der Waals surface area contributed by atoms with Crippen molar-refractivity contribution in [3.05, 3.63) is 158 Å². The van der Waals surface area contributed by atoms with E-state index in [0.29, 0.717) is 19.3 Å². The maximum atomic E-state index is 13.0. The number of rotatable bonds is 46. The zero-order chi connectivity index (χ0) is 53.6. The minimum absolute atomic E-state index is 0.223. The average molecular weight is 1030 g/mol.